The summed E-state index contributed by atoms with van der Waals surface area (Å²) in [6, 6.07) is -1.04. The summed E-state index contributed by atoms with van der Waals surface area (Å²) < 4.78 is 5.10. The number of carbonyl (C=O) groups excluding carboxylic acids is 5. The number of methoxy groups -OCH3 is 1. The molecule has 2 aliphatic rings. The molecule has 0 aliphatic carbocycles. The zero-order chi connectivity index (χ0) is 30.7. The van der Waals surface area contributed by atoms with Gasteiger partial charge in [0.05, 0.1) is 19.2 Å². The number of piperidine rings is 2. The predicted molar refractivity (Wildman–Crippen MR) is 165 cm³/mol. The van der Waals surface area contributed by atoms with Crippen LogP contribution >= 0.6 is 0 Å². The van der Waals surface area contributed by atoms with E-state index >= 15 is 0 Å². The lowest BCUT2D eigenvalue weighted by Gasteiger charge is -2.38. The molecule has 236 valence electrons. The Hall–Kier alpha value is -2.77. The van der Waals surface area contributed by atoms with Crippen LogP contribution < -0.4 is 0 Å². The fourth-order valence-corrected chi connectivity index (χ4v) is 5.95. The van der Waals surface area contributed by atoms with Gasteiger partial charge in [0.15, 0.2) is 11.6 Å². The van der Waals surface area contributed by atoms with E-state index in [1.54, 1.807) is 23.1 Å². The molecular formula is C34H54N2O6. The number of ether oxygens (including phenoxy) is 1. The van der Waals surface area contributed by atoms with Crippen molar-refractivity contribution >= 4 is 29.4 Å². The molecule has 0 aromatic heterocycles. The number of amides is 2. The second-order valence-electron chi connectivity index (χ2n) is 11.8. The van der Waals surface area contributed by atoms with Crippen LogP contribution in [0.3, 0.4) is 0 Å². The second kappa shape index (κ2) is 20.2. The van der Waals surface area contributed by atoms with Crippen molar-refractivity contribution in [2.45, 2.75) is 148 Å². The minimum absolute atomic E-state index is 0.0487. The number of allylic oxidation sites excluding steroid dienone is 2. The molecule has 8 heteroatoms. The molecule has 0 bridgehead atoms. The van der Waals surface area contributed by atoms with Crippen molar-refractivity contribution in [2.75, 3.05) is 13.7 Å². The molecule has 2 amide bonds. The molecule has 0 aromatic rings. The Morgan fingerprint density at radius 2 is 1.36 bits per heavy atom. The third-order valence-electron chi connectivity index (χ3n) is 8.39. The predicted octanol–water partition coefficient (Wildman–Crippen LogP) is 6.26. The van der Waals surface area contributed by atoms with Gasteiger partial charge in [0.1, 0.15) is 6.04 Å². The first kappa shape index (κ1) is 35.4. The maximum Gasteiger partial charge on any atom is 0.328 e. The van der Waals surface area contributed by atoms with Gasteiger partial charge in [-0.25, -0.2) is 4.79 Å². The van der Waals surface area contributed by atoms with Crippen LogP contribution in [0.2, 0.25) is 0 Å². The van der Waals surface area contributed by atoms with Gasteiger partial charge < -0.3 is 14.5 Å². The number of hydrogen-bond acceptors (Lipinski definition) is 6. The summed E-state index contributed by atoms with van der Waals surface area (Å²) in [7, 11) is 1.34. The van der Waals surface area contributed by atoms with Gasteiger partial charge in [-0.15, -0.1) is 0 Å². The van der Waals surface area contributed by atoms with Crippen LogP contribution in [0.5, 0.6) is 0 Å². The number of likely N-dealkylation sites (tertiary alicyclic amines) is 2. The highest BCUT2D eigenvalue weighted by Crippen LogP contribution is 2.26. The number of hydrogen-bond donors (Lipinski definition) is 0. The quantitative estimate of drug-likeness (QED) is 0.0948. The minimum Gasteiger partial charge on any atom is -0.467 e. The third kappa shape index (κ3) is 12.2. The Morgan fingerprint density at radius 1 is 0.786 bits per heavy atom. The SMILES string of the molecule is CCCCCC(=O)C=CC1CCCC(=O)N1CCCCCC(C(=O)OC)N1C(=O)CCCC1C=CC(=O)CCCCC. The monoisotopic (exact) mass is 586 g/mol. The Kier molecular flexibility index (Phi) is 17.0. The lowest BCUT2D eigenvalue weighted by molar-refractivity contribution is -0.156. The first-order chi connectivity index (χ1) is 20.3. The smallest absolute Gasteiger partial charge is 0.328 e. The molecule has 0 saturated carbocycles. The van der Waals surface area contributed by atoms with Crippen LogP contribution in [0.25, 0.3) is 0 Å². The van der Waals surface area contributed by atoms with E-state index in [-0.39, 0.29) is 35.5 Å². The molecule has 3 atom stereocenters. The van der Waals surface area contributed by atoms with Crippen LogP contribution in [0, 0.1) is 0 Å². The van der Waals surface area contributed by atoms with E-state index in [1.165, 1.54) is 7.11 Å². The first-order valence-electron chi connectivity index (χ1n) is 16.4. The van der Waals surface area contributed by atoms with Gasteiger partial charge >= 0.3 is 5.97 Å². The largest absolute Gasteiger partial charge is 0.467 e. The summed E-state index contributed by atoms with van der Waals surface area (Å²) in [6.07, 6.45) is 20.7. The van der Waals surface area contributed by atoms with E-state index < -0.39 is 12.0 Å². The molecule has 8 nitrogen and oxygen atoms in total. The summed E-state index contributed by atoms with van der Waals surface area (Å²) >= 11 is 0. The van der Waals surface area contributed by atoms with E-state index in [0.717, 1.165) is 70.6 Å². The van der Waals surface area contributed by atoms with Crippen LogP contribution in [0.1, 0.15) is 129 Å². The molecule has 0 radical (unpaired) electrons. The van der Waals surface area contributed by atoms with E-state index in [2.05, 4.69) is 13.8 Å². The summed E-state index contributed by atoms with van der Waals surface area (Å²) in [6.45, 7) is 4.82. The summed E-state index contributed by atoms with van der Waals surface area (Å²) in [5.74, 6) is -0.214. The molecule has 0 N–H and O–H groups in total. The maximum atomic E-state index is 13.0. The van der Waals surface area contributed by atoms with E-state index in [0.29, 0.717) is 51.5 Å². The molecule has 2 fully saturated rings. The van der Waals surface area contributed by atoms with Crippen molar-refractivity contribution in [3.8, 4) is 0 Å². The van der Waals surface area contributed by atoms with Gasteiger partial charge in [0.2, 0.25) is 11.8 Å². The number of carbonyl (C=O) groups is 5. The van der Waals surface area contributed by atoms with Crippen molar-refractivity contribution in [3.63, 3.8) is 0 Å². The fraction of sp³-hybridized carbons (Fsp3) is 0.735. The lowest BCUT2D eigenvalue weighted by atomic mass is 9.95. The summed E-state index contributed by atoms with van der Waals surface area (Å²) in [4.78, 5) is 66.6. The van der Waals surface area contributed by atoms with Gasteiger partial charge in [-0.05, 0) is 63.5 Å². The lowest BCUT2D eigenvalue weighted by Crippen LogP contribution is -2.52. The highest BCUT2D eigenvalue weighted by Gasteiger charge is 2.36. The van der Waals surface area contributed by atoms with Crippen LogP contribution in [-0.2, 0) is 28.7 Å². The average Bonchev–Trinajstić information content (AvgIpc) is 2.98. The zero-order valence-corrected chi connectivity index (χ0v) is 26.3. The van der Waals surface area contributed by atoms with Crippen LogP contribution in [0.15, 0.2) is 24.3 Å². The van der Waals surface area contributed by atoms with Gasteiger partial charge in [-0.1, -0.05) is 64.5 Å². The Labute approximate surface area is 253 Å². The number of rotatable bonds is 20. The number of nitrogens with zero attached hydrogens (tertiary/aromatic N) is 2. The zero-order valence-electron chi connectivity index (χ0n) is 26.3. The van der Waals surface area contributed by atoms with E-state index in [4.69, 9.17) is 4.74 Å². The molecule has 0 spiro atoms. The van der Waals surface area contributed by atoms with Crippen molar-refractivity contribution in [1.82, 2.24) is 9.80 Å². The molecule has 2 saturated heterocycles. The van der Waals surface area contributed by atoms with Crippen LogP contribution in [0.4, 0.5) is 0 Å². The Morgan fingerprint density at radius 3 is 1.95 bits per heavy atom. The van der Waals surface area contributed by atoms with Gasteiger partial charge in [0.25, 0.3) is 0 Å². The standard InChI is InChI=1S/C34H54N2O6/c1-4-6-9-17-29(37)24-22-27-15-13-20-32(39)35(27)26-12-8-11-19-31(34(41)42-3)36-28(16-14-21-33(36)40)23-25-30(38)18-10-7-5-2/h22-25,27-28,31H,4-21,26H2,1-3H3. The maximum absolute atomic E-state index is 13.0. The highest BCUT2D eigenvalue weighted by molar-refractivity contribution is 5.90. The van der Waals surface area contributed by atoms with Crippen molar-refractivity contribution in [2.24, 2.45) is 0 Å². The van der Waals surface area contributed by atoms with E-state index in [9.17, 15) is 24.0 Å². The minimum atomic E-state index is -0.696. The molecule has 0 aromatic carbocycles. The molecular weight excluding hydrogens is 532 g/mol. The molecule has 3 unspecified atom stereocenters. The summed E-state index contributed by atoms with van der Waals surface area (Å²) in [5, 5.41) is 0. The molecule has 2 rings (SSSR count). The number of ketones is 2. The number of esters is 1. The second-order valence-corrected chi connectivity index (χ2v) is 11.8. The summed E-state index contributed by atoms with van der Waals surface area (Å²) in [5.41, 5.74) is 0. The van der Waals surface area contributed by atoms with Gasteiger partial charge in [-0.2, -0.15) is 0 Å². The van der Waals surface area contributed by atoms with E-state index in [1.807, 2.05) is 11.0 Å². The Balaban J connectivity index is 1.94. The normalized spacial score (nSPS) is 20.5. The average molecular weight is 587 g/mol. The van der Waals surface area contributed by atoms with Crippen LogP contribution in [-0.4, -0.2) is 70.9 Å². The fourth-order valence-electron chi connectivity index (χ4n) is 5.95. The molecule has 2 heterocycles. The third-order valence-corrected chi connectivity index (χ3v) is 8.39. The molecule has 2 aliphatic heterocycles. The van der Waals surface area contributed by atoms with Crippen molar-refractivity contribution < 1.29 is 28.7 Å². The topological polar surface area (TPSA) is 101 Å². The Bertz CT molecular complexity index is 942. The molecule has 42 heavy (non-hydrogen) atoms. The van der Waals surface area contributed by atoms with Crippen molar-refractivity contribution in [3.05, 3.63) is 24.3 Å². The first-order valence-corrected chi connectivity index (χ1v) is 16.4. The van der Waals surface area contributed by atoms with Gasteiger partial charge in [0, 0.05) is 32.2 Å². The van der Waals surface area contributed by atoms with Gasteiger partial charge in [-0.3, -0.25) is 19.2 Å². The van der Waals surface area contributed by atoms with Crippen molar-refractivity contribution in [1.29, 1.82) is 0 Å². The number of unbranched alkanes of at least 4 members (excludes halogenated alkanes) is 6. The highest BCUT2D eigenvalue weighted by atomic mass is 16.5.